The number of hydrogen-bond donors (Lipinski definition) is 0. The van der Waals surface area contributed by atoms with E-state index >= 15 is 0 Å². The molecule has 3 aliphatic heterocycles. The summed E-state index contributed by atoms with van der Waals surface area (Å²) in [5.74, 6) is 0.210. The summed E-state index contributed by atoms with van der Waals surface area (Å²) in [5, 5.41) is 0. The topological polar surface area (TPSA) is 78.9 Å². The van der Waals surface area contributed by atoms with Crippen LogP contribution in [0.5, 0.6) is 0 Å². The largest absolute Gasteiger partial charge is 0.458 e. The number of hydrogen-bond acceptors (Lipinski definition) is 7. The van der Waals surface area contributed by atoms with Gasteiger partial charge in [-0.3, -0.25) is 9.69 Å². The van der Waals surface area contributed by atoms with Crippen molar-refractivity contribution in [3.63, 3.8) is 0 Å². The van der Waals surface area contributed by atoms with Crippen LogP contribution in [0.2, 0.25) is 0 Å². The van der Waals surface area contributed by atoms with E-state index in [4.69, 9.17) is 4.74 Å². The highest BCUT2D eigenvalue weighted by atomic mass is 16.6. The van der Waals surface area contributed by atoms with Crippen LogP contribution >= 0.6 is 0 Å². The summed E-state index contributed by atoms with van der Waals surface area (Å²) < 4.78 is 5.58. The zero-order chi connectivity index (χ0) is 25.3. The maximum absolute atomic E-state index is 13.2. The Balaban J connectivity index is 1.16. The SMILES string of the molecule is CC(C)(C)OC(=O)C1CCCN1c1ncc(C(=O)N2CCC(N3CCc4ccccc4C3)CC2)cn1. The fourth-order valence-electron chi connectivity index (χ4n) is 5.65. The van der Waals surface area contributed by atoms with E-state index in [0.29, 0.717) is 24.1 Å². The van der Waals surface area contributed by atoms with Gasteiger partial charge in [-0.15, -0.1) is 0 Å². The van der Waals surface area contributed by atoms with Gasteiger partial charge in [0.05, 0.1) is 5.56 Å². The molecule has 1 amide bonds. The lowest BCUT2D eigenvalue weighted by atomic mass is 9.95. The quantitative estimate of drug-likeness (QED) is 0.606. The van der Waals surface area contributed by atoms with E-state index in [-0.39, 0.29) is 17.9 Å². The van der Waals surface area contributed by atoms with Crippen LogP contribution in [-0.2, 0) is 22.5 Å². The van der Waals surface area contributed by atoms with E-state index in [9.17, 15) is 9.59 Å². The third-order valence-corrected chi connectivity index (χ3v) is 7.50. The highest BCUT2D eigenvalue weighted by molar-refractivity contribution is 5.93. The summed E-state index contributed by atoms with van der Waals surface area (Å²) in [5.41, 5.74) is 2.87. The normalized spacial score (nSPS) is 21.4. The summed E-state index contributed by atoms with van der Waals surface area (Å²) in [6.07, 6.45) is 7.87. The van der Waals surface area contributed by atoms with Crippen LogP contribution in [0.3, 0.4) is 0 Å². The first-order valence-corrected chi connectivity index (χ1v) is 13.2. The summed E-state index contributed by atoms with van der Waals surface area (Å²) in [7, 11) is 0. The van der Waals surface area contributed by atoms with E-state index in [1.165, 1.54) is 11.1 Å². The minimum atomic E-state index is -0.533. The molecule has 2 aromatic rings. The van der Waals surface area contributed by atoms with E-state index in [0.717, 1.165) is 58.3 Å². The minimum absolute atomic E-state index is 0.0193. The zero-order valence-electron chi connectivity index (χ0n) is 21.7. The summed E-state index contributed by atoms with van der Waals surface area (Å²) >= 11 is 0. The maximum Gasteiger partial charge on any atom is 0.329 e. The minimum Gasteiger partial charge on any atom is -0.458 e. The summed E-state index contributed by atoms with van der Waals surface area (Å²) in [6.45, 7) is 9.90. The molecule has 8 nitrogen and oxygen atoms in total. The van der Waals surface area contributed by atoms with Crippen molar-refractivity contribution >= 4 is 17.8 Å². The fraction of sp³-hybridized carbons (Fsp3) is 0.571. The predicted octanol–water partition coefficient (Wildman–Crippen LogP) is 3.45. The molecule has 36 heavy (non-hydrogen) atoms. The molecule has 192 valence electrons. The number of carbonyl (C=O) groups excluding carboxylic acids is 2. The molecule has 0 bridgehead atoms. The molecule has 1 unspecified atom stereocenters. The maximum atomic E-state index is 13.2. The van der Waals surface area contributed by atoms with Crippen molar-refractivity contribution in [2.24, 2.45) is 0 Å². The van der Waals surface area contributed by atoms with Gasteiger partial charge in [-0.1, -0.05) is 24.3 Å². The van der Waals surface area contributed by atoms with Gasteiger partial charge in [-0.2, -0.15) is 0 Å². The number of anilines is 1. The Bertz CT molecular complexity index is 1090. The van der Waals surface area contributed by atoms with Gasteiger partial charge in [-0.25, -0.2) is 14.8 Å². The van der Waals surface area contributed by atoms with E-state index in [1.54, 1.807) is 12.4 Å². The summed E-state index contributed by atoms with van der Waals surface area (Å²) in [4.78, 5) is 41.1. The molecular formula is C28H37N5O3. The first kappa shape index (κ1) is 24.7. The molecule has 0 spiro atoms. The van der Waals surface area contributed by atoms with Gasteiger partial charge in [0.2, 0.25) is 5.95 Å². The number of fused-ring (bicyclic) bond motifs is 1. The molecule has 5 rings (SSSR count). The Kier molecular flexibility index (Phi) is 6.97. The molecule has 3 aliphatic rings. The second-order valence-corrected chi connectivity index (χ2v) is 11.2. The average Bonchev–Trinajstić information content (AvgIpc) is 3.38. The van der Waals surface area contributed by atoms with Crippen LogP contribution < -0.4 is 4.90 Å². The molecule has 8 heteroatoms. The number of nitrogens with zero attached hydrogens (tertiary/aromatic N) is 5. The lowest BCUT2D eigenvalue weighted by Crippen LogP contribution is -2.48. The number of likely N-dealkylation sites (tertiary alicyclic amines) is 1. The summed E-state index contributed by atoms with van der Waals surface area (Å²) in [6, 6.07) is 8.86. The van der Waals surface area contributed by atoms with Gasteiger partial charge in [-0.05, 0) is 64.0 Å². The lowest BCUT2D eigenvalue weighted by molar-refractivity contribution is -0.156. The fourth-order valence-corrected chi connectivity index (χ4v) is 5.65. The molecule has 2 fully saturated rings. The third kappa shape index (κ3) is 5.38. The van der Waals surface area contributed by atoms with Crippen LogP contribution in [-0.4, -0.2) is 75.5 Å². The number of piperidine rings is 1. The number of rotatable bonds is 4. The molecule has 4 heterocycles. The van der Waals surface area contributed by atoms with Gasteiger partial charge < -0.3 is 14.5 Å². The van der Waals surface area contributed by atoms with Crippen LogP contribution in [0.1, 0.15) is 67.9 Å². The molecule has 0 saturated carbocycles. The standard InChI is InChI=1S/C28H37N5O3/c1-28(2,3)36-26(35)24-9-6-13-33(24)27-29-17-22(18-30-27)25(34)31-15-11-23(12-16-31)32-14-10-20-7-4-5-8-21(20)19-32/h4-5,7-8,17-18,23-24H,6,9-16,19H2,1-3H3. The Morgan fingerprint density at radius 3 is 2.33 bits per heavy atom. The number of carbonyl (C=O) groups is 2. The molecular weight excluding hydrogens is 454 g/mol. The molecule has 1 aromatic carbocycles. The Morgan fingerprint density at radius 2 is 1.64 bits per heavy atom. The number of ether oxygens (including phenoxy) is 1. The third-order valence-electron chi connectivity index (χ3n) is 7.50. The van der Waals surface area contributed by atoms with Crippen LogP contribution in [0.4, 0.5) is 5.95 Å². The average molecular weight is 492 g/mol. The molecule has 2 saturated heterocycles. The molecule has 0 N–H and O–H groups in total. The van der Waals surface area contributed by atoms with Gasteiger partial charge in [0, 0.05) is 51.2 Å². The zero-order valence-corrected chi connectivity index (χ0v) is 21.7. The van der Waals surface area contributed by atoms with Crippen molar-refractivity contribution in [1.82, 2.24) is 19.8 Å². The second kappa shape index (κ2) is 10.2. The molecule has 0 aliphatic carbocycles. The van der Waals surface area contributed by atoms with E-state index in [1.807, 2.05) is 30.6 Å². The number of esters is 1. The van der Waals surface area contributed by atoms with E-state index < -0.39 is 5.60 Å². The van der Waals surface area contributed by atoms with Crippen LogP contribution in [0.15, 0.2) is 36.7 Å². The van der Waals surface area contributed by atoms with Crippen molar-refractivity contribution < 1.29 is 14.3 Å². The van der Waals surface area contributed by atoms with E-state index in [2.05, 4.69) is 39.1 Å². The van der Waals surface area contributed by atoms with Crippen molar-refractivity contribution in [1.29, 1.82) is 0 Å². The highest BCUT2D eigenvalue weighted by Gasteiger charge is 2.36. The Morgan fingerprint density at radius 1 is 0.944 bits per heavy atom. The first-order chi connectivity index (χ1) is 17.3. The van der Waals surface area contributed by atoms with Gasteiger partial charge in [0.15, 0.2) is 0 Å². The number of amides is 1. The smallest absolute Gasteiger partial charge is 0.329 e. The van der Waals surface area contributed by atoms with Crippen molar-refractivity contribution in [2.45, 2.75) is 77.1 Å². The number of aromatic nitrogens is 2. The van der Waals surface area contributed by atoms with Crippen molar-refractivity contribution in [3.05, 3.63) is 53.3 Å². The highest BCUT2D eigenvalue weighted by Crippen LogP contribution is 2.27. The molecule has 1 atom stereocenters. The predicted molar refractivity (Wildman–Crippen MR) is 138 cm³/mol. The monoisotopic (exact) mass is 491 g/mol. The number of benzene rings is 1. The lowest BCUT2D eigenvalue weighted by Gasteiger charge is -2.40. The van der Waals surface area contributed by atoms with Crippen molar-refractivity contribution in [2.75, 3.05) is 31.1 Å². The van der Waals surface area contributed by atoms with Gasteiger partial charge in [0.25, 0.3) is 5.91 Å². The Hall–Kier alpha value is -3.00. The Labute approximate surface area is 213 Å². The van der Waals surface area contributed by atoms with Crippen molar-refractivity contribution in [3.8, 4) is 0 Å². The van der Waals surface area contributed by atoms with Gasteiger partial charge >= 0.3 is 5.97 Å². The molecule has 0 radical (unpaired) electrons. The first-order valence-electron chi connectivity index (χ1n) is 13.2. The van der Waals surface area contributed by atoms with Crippen LogP contribution in [0.25, 0.3) is 0 Å². The van der Waals surface area contributed by atoms with Crippen LogP contribution in [0, 0.1) is 0 Å². The second-order valence-electron chi connectivity index (χ2n) is 11.2. The van der Waals surface area contributed by atoms with Gasteiger partial charge in [0.1, 0.15) is 11.6 Å². The molecule has 1 aromatic heterocycles.